The Morgan fingerprint density at radius 3 is 2.96 bits per heavy atom. The van der Waals surface area contributed by atoms with Gasteiger partial charge in [-0.25, -0.2) is 0 Å². The van der Waals surface area contributed by atoms with Gasteiger partial charge in [-0.2, -0.15) is 0 Å². The molecular weight excluding hydrogens is 306 g/mol. The van der Waals surface area contributed by atoms with Crippen molar-refractivity contribution < 1.29 is 19.3 Å². The minimum absolute atomic E-state index is 0.109. The van der Waals surface area contributed by atoms with Gasteiger partial charge in [-0.3, -0.25) is 4.90 Å². The van der Waals surface area contributed by atoms with Gasteiger partial charge in [-0.1, -0.05) is 6.07 Å². The van der Waals surface area contributed by atoms with E-state index in [0.29, 0.717) is 0 Å². The summed E-state index contributed by atoms with van der Waals surface area (Å²) in [7, 11) is 3.86. The van der Waals surface area contributed by atoms with Gasteiger partial charge in [0.15, 0.2) is 11.5 Å². The van der Waals surface area contributed by atoms with Gasteiger partial charge in [0.25, 0.3) is 0 Å². The average molecular weight is 325 g/mol. The molecule has 24 heavy (non-hydrogen) atoms. The Kier molecular flexibility index (Phi) is 2.87. The normalized spacial score (nSPS) is 23.8. The molecule has 2 atom stereocenters. The topological polar surface area (TPSA) is 51.2 Å². The highest BCUT2D eigenvalue weighted by Crippen LogP contribution is 2.57. The van der Waals surface area contributed by atoms with E-state index in [-0.39, 0.29) is 24.7 Å². The molecule has 5 nitrogen and oxygen atoms in total. The monoisotopic (exact) mass is 325 g/mol. The van der Waals surface area contributed by atoms with Crippen molar-refractivity contribution in [2.45, 2.75) is 18.6 Å². The largest absolute Gasteiger partial charge is 0.508 e. The van der Waals surface area contributed by atoms with Crippen molar-refractivity contribution in [1.82, 2.24) is 4.90 Å². The molecule has 0 fully saturated rings. The summed E-state index contributed by atoms with van der Waals surface area (Å²) in [5, 5.41) is 10.0. The van der Waals surface area contributed by atoms with Gasteiger partial charge >= 0.3 is 0 Å². The average Bonchev–Trinajstić information content (AvgIpc) is 3.05. The van der Waals surface area contributed by atoms with Gasteiger partial charge < -0.3 is 19.3 Å². The number of rotatable bonds is 1. The zero-order valence-corrected chi connectivity index (χ0v) is 13.7. The van der Waals surface area contributed by atoms with Crippen LogP contribution in [-0.2, 0) is 11.2 Å². The fourth-order valence-electron chi connectivity index (χ4n) is 4.40. The molecule has 1 N–H and O–H groups in total. The lowest BCUT2D eigenvalue weighted by atomic mass is 9.75. The third-order valence-electron chi connectivity index (χ3n) is 5.45. The Balaban J connectivity index is 1.89. The molecule has 124 valence electrons. The van der Waals surface area contributed by atoms with Crippen LogP contribution in [0.15, 0.2) is 24.3 Å². The SMILES string of the molecule is CO[C@H]1c2cc(O)ccc2-c2c3c(cc4c2[C@@H]1N(C)CC4)OCO3. The first-order valence-electron chi connectivity index (χ1n) is 8.20. The predicted octanol–water partition coefficient (Wildman–Crippen LogP) is 3.02. The predicted molar refractivity (Wildman–Crippen MR) is 88.5 cm³/mol. The fraction of sp³-hybridized carbons (Fsp3) is 0.368. The van der Waals surface area contributed by atoms with Gasteiger partial charge in [0.05, 0.1) is 6.04 Å². The number of benzene rings is 2. The van der Waals surface area contributed by atoms with Crippen LogP contribution in [0, 0.1) is 0 Å². The zero-order chi connectivity index (χ0) is 16.4. The van der Waals surface area contributed by atoms with Crippen LogP contribution < -0.4 is 9.47 Å². The van der Waals surface area contributed by atoms with Crippen molar-refractivity contribution >= 4 is 0 Å². The molecule has 5 heteroatoms. The first-order chi connectivity index (χ1) is 11.7. The van der Waals surface area contributed by atoms with Crippen LogP contribution in [0.25, 0.3) is 11.1 Å². The van der Waals surface area contributed by atoms with Crippen LogP contribution in [0.1, 0.15) is 28.8 Å². The highest BCUT2D eigenvalue weighted by Gasteiger charge is 2.43. The number of fused-ring (bicyclic) bond motifs is 4. The lowest BCUT2D eigenvalue weighted by Crippen LogP contribution is -2.38. The number of nitrogens with zero attached hydrogens (tertiary/aromatic N) is 1. The molecule has 2 aromatic rings. The molecule has 1 aliphatic carbocycles. The molecule has 0 aromatic heterocycles. The molecule has 0 saturated heterocycles. The van der Waals surface area contributed by atoms with E-state index < -0.39 is 0 Å². The van der Waals surface area contributed by atoms with E-state index in [1.807, 2.05) is 12.1 Å². The number of aromatic hydroxyl groups is 1. The molecule has 2 aliphatic heterocycles. The summed E-state index contributed by atoms with van der Waals surface area (Å²) < 4.78 is 17.4. The van der Waals surface area contributed by atoms with Crippen molar-refractivity contribution in [3.05, 3.63) is 41.0 Å². The van der Waals surface area contributed by atoms with Gasteiger partial charge in [0, 0.05) is 19.2 Å². The summed E-state index contributed by atoms with van der Waals surface area (Å²) in [5.41, 5.74) is 5.74. The summed E-state index contributed by atoms with van der Waals surface area (Å²) in [6.45, 7) is 1.22. The first-order valence-corrected chi connectivity index (χ1v) is 8.20. The quantitative estimate of drug-likeness (QED) is 0.873. The van der Waals surface area contributed by atoms with Crippen molar-refractivity contribution in [2.75, 3.05) is 27.5 Å². The molecule has 3 aliphatic rings. The lowest BCUT2D eigenvalue weighted by Gasteiger charge is -2.44. The molecule has 0 bridgehead atoms. The second-order valence-electron chi connectivity index (χ2n) is 6.66. The Labute approximate surface area is 140 Å². The number of hydrogen-bond donors (Lipinski definition) is 1. The number of hydrogen-bond acceptors (Lipinski definition) is 5. The van der Waals surface area contributed by atoms with E-state index in [1.54, 1.807) is 13.2 Å². The van der Waals surface area contributed by atoms with E-state index in [2.05, 4.69) is 18.0 Å². The molecule has 0 radical (unpaired) electrons. The minimum atomic E-state index is -0.121. The van der Waals surface area contributed by atoms with Gasteiger partial charge in [0.2, 0.25) is 6.79 Å². The second kappa shape index (κ2) is 4.88. The van der Waals surface area contributed by atoms with Gasteiger partial charge in [-0.15, -0.1) is 0 Å². The first kappa shape index (κ1) is 14.1. The zero-order valence-electron chi connectivity index (χ0n) is 13.7. The summed E-state index contributed by atoms with van der Waals surface area (Å²) in [6, 6.07) is 7.72. The molecule has 2 aromatic carbocycles. The van der Waals surface area contributed by atoms with Gasteiger partial charge in [-0.05, 0) is 53.9 Å². The summed E-state index contributed by atoms with van der Waals surface area (Å²) in [4.78, 5) is 2.33. The molecule has 0 unspecified atom stereocenters. The van der Waals surface area contributed by atoms with Crippen LogP contribution in [0.2, 0.25) is 0 Å². The Morgan fingerprint density at radius 2 is 2.12 bits per heavy atom. The highest BCUT2D eigenvalue weighted by atomic mass is 16.7. The maximum atomic E-state index is 10.0. The van der Waals surface area contributed by atoms with E-state index in [1.165, 1.54) is 11.1 Å². The number of phenolic OH excluding ortho intramolecular Hbond substituents is 1. The number of likely N-dealkylation sites (N-methyl/N-ethyl adjacent to an activating group) is 1. The summed E-state index contributed by atoms with van der Waals surface area (Å²) in [5.74, 6) is 1.89. The van der Waals surface area contributed by atoms with Gasteiger partial charge in [0.1, 0.15) is 11.9 Å². The molecule has 2 heterocycles. The van der Waals surface area contributed by atoms with Crippen LogP contribution in [0.3, 0.4) is 0 Å². The van der Waals surface area contributed by atoms with E-state index >= 15 is 0 Å². The Bertz CT molecular complexity index is 848. The Morgan fingerprint density at radius 1 is 1.25 bits per heavy atom. The highest BCUT2D eigenvalue weighted by molar-refractivity contribution is 5.84. The van der Waals surface area contributed by atoms with Crippen LogP contribution in [0.4, 0.5) is 0 Å². The third kappa shape index (κ3) is 1.71. The fourth-order valence-corrected chi connectivity index (χ4v) is 4.40. The summed E-state index contributed by atoms with van der Waals surface area (Å²) >= 11 is 0. The Hall–Kier alpha value is -2.24. The lowest BCUT2D eigenvalue weighted by molar-refractivity contribution is 0.0153. The van der Waals surface area contributed by atoms with Crippen molar-refractivity contribution in [3.8, 4) is 28.4 Å². The van der Waals surface area contributed by atoms with Crippen LogP contribution in [-0.4, -0.2) is 37.5 Å². The van der Waals surface area contributed by atoms with Crippen molar-refractivity contribution in [1.29, 1.82) is 0 Å². The van der Waals surface area contributed by atoms with E-state index in [4.69, 9.17) is 14.2 Å². The molecule has 0 amide bonds. The molecule has 5 rings (SSSR count). The summed E-state index contributed by atoms with van der Waals surface area (Å²) in [6.07, 6.45) is 0.861. The van der Waals surface area contributed by atoms with E-state index in [0.717, 1.165) is 41.2 Å². The van der Waals surface area contributed by atoms with Crippen molar-refractivity contribution in [2.24, 2.45) is 0 Å². The van der Waals surface area contributed by atoms with E-state index in [9.17, 15) is 5.11 Å². The maximum absolute atomic E-state index is 10.0. The van der Waals surface area contributed by atoms with Crippen LogP contribution in [0.5, 0.6) is 17.2 Å². The minimum Gasteiger partial charge on any atom is -0.508 e. The van der Waals surface area contributed by atoms with Crippen LogP contribution >= 0.6 is 0 Å². The molecular formula is C19H19NO4. The number of ether oxygens (including phenoxy) is 3. The molecule has 0 spiro atoms. The molecule has 0 saturated carbocycles. The third-order valence-corrected chi connectivity index (χ3v) is 5.45. The standard InChI is InChI=1S/C19H19NO4/c1-20-6-5-10-7-14-19(24-9-23-14)16-12-4-3-11(21)8-13(12)18(22-2)17(20)15(10)16/h3-4,7-8,17-18,21H,5-6,9H2,1-2H3/t17-,18-/m0/s1. The van der Waals surface area contributed by atoms with Crippen molar-refractivity contribution in [3.63, 3.8) is 0 Å². The smallest absolute Gasteiger partial charge is 0.231 e. The second-order valence-corrected chi connectivity index (χ2v) is 6.66. The number of phenols is 1. The maximum Gasteiger partial charge on any atom is 0.231 e. The number of methoxy groups -OCH3 is 1.